The standard InChI is InChI=1S/C7H13N3O/c1-5(2)3-6(9-10-8)7-4-11-7/h5-7H,3-4H2,1-2H3/t6-,7-/m0/s1. The Labute approximate surface area is 66.2 Å². The second-order valence-electron chi connectivity index (χ2n) is 3.27. The molecule has 1 heterocycles. The summed E-state index contributed by atoms with van der Waals surface area (Å²) in [7, 11) is 0. The van der Waals surface area contributed by atoms with Gasteiger partial charge >= 0.3 is 0 Å². The number of azide groups is 1. The van der Waals surface area contributed by atoms with Crippen LogP contribution in [-0.2, 0) is 4.74 Å². The first kappa shape index (κ1) is 8.37. The molecule has 0 unspecified atom stereocenters. The van der Waals surface area contributed by atoms with Crippen molar-refractivity contribution in [3.05, 3.63) is 10.4 Å². The predicted molar refractivity (Wildman–Crippen MR) is 42.1 cm³/mol. The van der Waals surface area contributed by atoms with E-state index in [4.69, 9.17) is 10.3 Å². The minimum atomic E-state index is 0.0556. The predicted octanol–water partition coefficient (Wildman–Crippen LogP) is 2.11. The van der Waals surface area contributed by atoms with Gasteiger partial charge in [-0.1, -0.05) is 19.0 Å². The molecule has 1 aliphatic rings. The molecule has 0 aromatic rings. The number of epoxide rings is 1. The van der Waals surface area contributed by atoms with E-state index >= 15 is 0 Å². The van der Waals surface area contributed by atoms with Gasteiger partial charge in [-0.2, -0.15) is 0 Å². The van der Waals surface area contributed by atoms with Gasteiger partial charge in [0.2, 0.25) is 0 Å². The molecule has 1 saturated heterocycles. The van der Waals surface area contributed by atoms with Crippen molar-refractivity contribution in [2.45, 2.75) is 32.4 Å². The van der Waals surface area contributed by atoms with Crippen LogP contribution in [-0.4, -0.2) is 18.8 Å². The van der Waals surface area contributed by atoms with E-state index in [1.54, 1.807) is 0 Å². The highest BCUT2D eigenvalue weighted by Crippen LogP contribution is 2.22. The van der Waals surface area contributed by atoms with Crippen LogP contribution in [0.3, 0.4) is 0 Å². The van der Waals surface area contributed by atoms with Crippen molar-refractivity contribution < 1.29 is 4.74 Å². The van der Waals surface area contributed by atoms with E-state index in [1.807, 2.05) is 0 Å². The minimum Gasteiger partial charge on any atom is -0.373 e. The molecule has 62 valence electrons. The van der Waals surface area contributed by atoms with Crippen molar-refractivity contribution in [3.63, 3.8) is 0 Å². The zero-order valence-corrected chi connectivity index (χ0v) is 6.90. The van der Waals surface area contributed by atoms with E-state index in [-0.39, 0.29) is 12.1 Å². The van der Waals surface area contributed by atoms with E-state index in [0.29, 0.717) is 5.92 Å². The Hall–Kier alpha value is -0.730. The second-order valence-corrected chi connectivity index (χ2v) is 3.27. The van der Waals surface area contributed by atoms with Gasteiger partial charge in [-0.05, 0) is 17.9 Å². The quantitative estimate of drug-likeness (QED) is 0.265. The van der Waals surface area contributed by atoms with Crippen molar-refractivity contribution in [1.82, 2.24) is 0 Å². The molecule has 1 fully saturated rings. The fourth-order valence-corrected chi connectivity index (χ4v) is 1.10. The molecule has 0 N–H and O–H groups in total. The van der Waals surface area contributed by atoms with Gasteiger partial charge in [-0.25, -0.2) is 0 Å². The van der Waals surface area contributed by atoms with E-state index in [0.717, 1.165) is 13.0 Å². The number of hydrogen-bond acceptors (Lipinski definition) is 2. The number of hydrogen-bond donors (Lipinski definition) is 0. The molecule has 0 aliphatic carbocycles. The van der Waals surface area contributed by atoms with Gasteiger partial charge < -0.3 is 4.74 Å². The maximum Gasteiger partial charge on any atom is 0.0894 e. The van der Waals surface area contributed by atoms with Crippen molar-refractivity contribution >= 4 is 0 Å². The van der Waals surface area contributed by atoms with Crippen LogP contribution < -0.4 is 0 Å². The van der Waals surface area contributed by atoms with Crippen LogP contribution in [0, 0.1) is 5.92 Å². The average molecular weight is 155 g/mol. The Morgan fingerprint density at radius 1 is 1.73 bits per heavy atom. The van der Waals surface area contributed by atoms with E-state index in [9.17, 15) is 0 Å². The summed E-state index contributed by atoms with van der Waals surface area (Å²) in [4.78, 5) is 2.80. The van der Waals surface area contributed by atoms with Gasteiger partial charge in [0.1, 0.15) is 0 Å². The Morgan fingerprint density at radius 2 is 2.36 bits per heavy atom. The third-order valence-corrected chi connectivity index (χ3v) is 1.70. The Morgan fingerprint density at radius 3 is 2.73 bits per heavy atom. The fraction of sp³-hybridized carbons (Fsp3) is 1.00. The zero-order chi connectivity index (χ0) is 8.27. The van der Waals surface area contributed by atoms with Crippen LogP contribution >= 0.6 is 0 Å². The van der Waals surface area contributed by atoms with Gasteiger partial charge in [0.05, 0.1) is 18.8 Å². The molecule has 1 aliphatic heterocycles. The molecular formula is C7H13N3O. The molecule has 0 amide bonds. The summed E-state index contributed by atoms with van der Waals surface area (Å²) < 4.78 is 5.06. The Balaban J connectivity index is 2.38. The summed E-state index contributed by atoms with van der Waals surface area (Å²) in [5.41, 5.74) is 8.23. The van der Waals surface area contributed by atoms with Crippen LogP contribution in [0.25, 0.3) is 10.4 Å². The summed E-state index contributed by atoms with van der Waals surface area (Å²) in [6, 6.07) is 0.0556. The molecule has 0 aromatic carbocycles. The summed E-state index contributed by atoms with van der Waals surface area (Å²) in [5, 5.41) is 3.68. The molecule has 0 aromatic heterocycles. The van der Waals surface area contributed by atoms with Gasteiger partial charge in [0.25, 0.3) is 0 Å². The van der Waals surface area contributed by atoms with Crippen LogP contribution in [0.4, 0.5) is 0 Å². The molecule has 0 bridgehead atoms. The van der Waals surface area contributed by atoms with Crippen molar-refractivity contribution in [1.29, 1.82) is 0 Å². The second kappa shape index (κ2) is 3.60. The highest BCUT2D eigenvalue weighted by Gasteiger charge is 2.32. The van der Waals surface area contributed by atoms with Crippen LogP contribution in [0.2, 0.25) is 0 Å². The smallest absolute Gasteiger partial charge is 0.0894 e. The zero-order valence-electron chi connectivity index (χ0n) is 6.90. The van der Waals surface area contributed by atoms with Crippen molar-refractivity contribution in [3.8, 4) is 0 Å². The third-order valence-electron chi connectivity index (χ3n) is 1.70. The SMILES string of the molecule is CC(C)C[C@H](N=[N+]=[N-])[C@@H]1CO1. The molecule has 1 rings (SSSR count). The first-order valence-electron chi connectivity index (χ1n) is 3.90. The number of ether oxygens (including phenoxy) is 1. The molecule has 2 atom stereocenters. The molecule has 4 heteroatoms. The van der Waals surface area contributed by atoms with Crippen molar-refractivity contribution in [2.24, 2.45) is 11.0 Å². The van der Waals surface area contributed by atoms with E-state index < -0.39 is 0 Å². The summed E-state index contributed by atoms with van der Waals surface area (Å²) in [5.74, 6) is 0.565. The van der Waals surface area contributed by atoms with Crippen LogP contribution in [0.15, 0.2) is 5.11 Å². The van der Waals surface area contributed by atoms with Gasteiger partial charge in [0, 0.05) is 4.91 Å². The van der Waals surface area contributed by atoms with Crippen LogP contribution in [0.1, 0.15) is 20.3 Å². The highest BCUT2D eigenvalue weighted by molar-refractivity contribution is 4.85. The average Bonchev–Trinajstić information content (AvgIpc) is 2.66. The minimum absolute atomic E-state index is 0.0556. The fourth-order valence-electron chi connectivity index (χ4n) is 1.10. The molecular weight excluding hydrogens is 142 g/mol. The largest absolute Gasteiger partial charge is 0.373 e. The molecule has 0 saturated carbocycles. The van der Waals surface area contributed by atoms with E-state index in [1.165, 1.54) is 0 Å². The maximum absolute atomic E-state index is 8.23. The Bertz CT molecular complexity index is 171. The van der Waals surface area contributed by atoms with Gasteiger partial charge in [0.15, 0.2) is 0 Å². The van der Waals surface area contributed by atoms with Gasteiger partial charge in [-0.3, -0.25) is 0 Å². The first-order valence-corrected chi connectivity index (χ1v) is 3.90. The lowest BCUT2D eigenvalue weighted by molar-refractivity contribution is 0.346. The maximum atomic E-state index is 8.23. The number of rotatable bonds is 4. The monoisotopic (exact) mass is 155 g/mol. The van der Waals surface area contributed by atoms with E-state index in [2.05, 4.69) is 23.9 Å². The first-order chi connectivity index (χ1) is 5.24. The lowest BCUT2D eigenvalue weighted by atomic mass is 10.0. The lowest BCUT2D eigenvalue weighted by Gasteiger charge is -2.09. The third kappa shape index (κ3) is 2.78. The lowest BCUT2D eigenvalue weighted by Crippen LogP contribution is -2.14. The van der Waals surface area contributed by atoms with Gasteiger partial charge in [-0.15, -0.1) is 0 Å². The van der Waals surface area contributed by atoms with Crippen molar-refractivity contribution in [2.75, 3.05) is 6.61 Å². The van der Waals surface area contributed by atoms with Crippen LogP contribution in [0.5, 0.6) is 0 Å². The topological polar surface area (TPSA) is 61.3 Å². The summed E-state index contributed by atoms with van der Waals surface area (Å²) >= 11 is 0. The summed E-state index contributed by atoms with van der Waals surface area (Å²) in [6.45, 7) is 4.99. The highest BCUT2D eigenvalue weighted by atomic mass is 16.6. The normalized spacial score (nSPS) is 24.5. The molecule has 0 spiro atoms. The summed E-state index contributed by atoms with van der Waals surface area (Å²) in [6.07, 6.45) is 1.13. The molecule has 11 heavy (non-hydrogen) atoms. The number of nitrogens with zero attached hydrogens (tertiary/aromatic N) is 3. The molecule has 4 nitrogen and oxygen atoms in total. The Kier molecular flexibility index (Phi) is 2.74. The molecule has 0 radical (unpaired) electrons.